The van der Waals surface area contributed by atoms with Crippen LogP contribution >= 0.6 is 0 Å². The lowest BCUT2D eigenvalue weighted by atomic mass is 9.95. The molecule has 2 aliphatic heterocycles. The van der Waals surface area contributed by atoms with Gasteiger partial charge in [-0.25, -0.2) is 0 Å². The van der Waals surface area contributed by atoms with Gasteiger partial charge in [0.1, 0.15) is 0 Å². The van der Waals surface area contributed by atoms with Crippen LogP contribution in [-0.4, -0.2) is 60.2 Å². The smallest absolute Gasteiger partial charge is 0.227 e. The Hall–Kier alpha value is -2.37. The topological polar surface area (TPSA) is 69.7 Å². The van der Waals surface area contributed by atoms with Gasteiger partial charge in [-0.3, -0.25) is 14.4 Å². The van der Waals surface area contributed by atoms with E-state index in [0.29, 0.717) is 52.0 Å². The van der Waals surface area contributed by atoms with Crippen molar-refractivity contribution in [3.05, 3.63) is 35.9 Å². The molecule has 3 amide bonds. The van der Waals surface area contributed by atoms with E-state index >= 15 is 0 Å². The molecule has 6 heteroatoms. The Labute approximate surface area is 154 Å². The van der Waals surface area contributed by atoms with Gasteiger partial charge in [-0.2, -0.15) is 0 Å². The van der Waals surface area contributed by atoms with Gasteiger partial charge in [0.2, 0.25) is 17.7 Å². The third-order valence-electron chi connectivity index (χ3n) is 5.21. The van der Waals surface area contributed by atoms with Gasteiger partial charge in [-0.1, -0.05) is 30.3 Å². The van der Waals surface area contributed by atoms with E-state index in [-0.39, 0.29) is 23.6 Å². The molecule has 0 aliphatic carbocycles. The first kappa shape index (κ1) is 18.4. The minimum absolute atomic E-state index is 0.00154. The van der Waals surface area contributed by atoms with Gasteiger partial charge in [0.25, 0.3) is 0 Å². The quantitative estimate of drug-likeness (QED) is 0.861. The van der Waals surface area contributed by atoms with Crippen molar-refractivity contribution in [1.29, 1.82) is 0 Å². The number of carbonyl (C=O) groups excluding carboxylic acids is 3. The molecule has 0 radical (unpaired) electrons. The summed E-state index contributed by atoms with van der Waals surface area (Å²) < 4.78 is 0. The fourth-order valence-corrected chi connectivity index (χ4v) is 3.70. The number of hydrogen-bond acceptors (Lipinski definition) is 3. The average molecular weight is 357 g/mol. The van der Waals surface area contributed by atoms with Crippen LogP contribution in [0.15, 0.2) is 30.3 Å². The van der Waals surface area contributed by atoms with Gasteiger partial charge in [0.05, 0.1) is 5.92 Å². The zero-order valence-electron chi connectivity index (χ0n) is 15.2. The molecule has 1 N–H and O–H groups in total. The molecule has 2 saturated heterocycles. The molecule has 0 bridgehead atoms. The van der Waals surface area contributed by atoms with E-state index in [2.05, 4.69) is 17.4 Å². The molecule has 0 saturated carbocycles. The summed E-state index contributed by atoms with van der Waals surface area (Å²) >= 11 is 0. The zero-order chi connectivity index (χ0) is 18.4. The van der Waals surface area contributed by atoms with E-state index in [9.17, 15) is 14.4 Å². The number of aryl methyl sites for hydroxylation is 1. The van der Waals surface area contributed by atoms with Crippen molar-refractivity contribution in [2.75, 3.05) is 32.7 Å². The van der Waals surface area contributed by atoms with Gasteiger partial charge in [0.15, 0.2) is 0 Å². The Bertz CT molecular complexity index is 647. The number of carbonyl (C=O) groups is 3. The molecule has 1 aromatic carbocycles. The molecule has 2 fully saturated rings. The van der Waals surface area contributed by atoms with Gasteiger partial charge >= 0.3 is 0 Å². The number of hydrogen-bond donors (Lipinski definition) is 1. The summed E-state index contributed by atoms with van der Waals surface area (Å²) in [6, 6.07) is 10.2. The highest BCUT2D eigenvalue weighted by atomic mass is 16.2. The molecule has 0 aromatic heterocycles. The van der Waals surface area contributed by atoms with Gasteiger partial charge in [0, 0.05) is 45.6 Å². The SMILES string of the molecule is O=C1CCN(C(=O)C2CCC(=O)N(CCCc3ccccc3)C2)CCN1. The summed E-state index contributed by atoms with van der Waals surface area (Å²) in [5, 5.41) is 2.79. The first-order chi connectivity index (χ1) is 12.6. The summed E-state index contributed by atoms with van der Waals surface area (Å²) in [5.74, 6) is 0.0937. The average Bonchev–Trinajstić information content (AvgIpc) is 2.88. The fraction of sp³-hybridized carbons (Fsp3) is 0.550. The van der Waals surface area contributed by atoms with E-state index in [4.69, 9.17) is 0 Å². The predicted molar refractivity (Wildman–Crippen MR) is 98.3 cm³/mol. The van der Waals surface area contributed by atoms with Crippen molar-refractivity contribution < 1.29 is 14.4 Å². The minimum Gasteiger partial charge on any atom is -0.354 e. The lowest BCUT2D eigenvalue weighted by Crippen LogP contribution is -2.48. The number of rotatable bonds is 5. The highest BCUT2D eigenvalue weighted by Crippen LogP contribution is 2.21. The third-order valence-corrected chi connectivity index (χ3v) is 5.21. The minimum atomic E-state index is -0.141. The molecule has 2 aliphatic rings. The Morgan fingerprint density at radius 1 is 1.12 bits per heavy atom. The number of likely N-dealkylation sites (tertiary alicyclic amines) is 1. The maximum Gasteiger partial charge on any atom is 0.227 e. The van der Waals surface area contributed by atoms with Crippen LogP contribution in [0.3, 0.4) is 0 Å². The molecular weight excluding hydrogens is 330 g/mol. The Morgan fingerprint density at radius 3 is 2.73 bits per heavy atom. The lowest BCUT2D eigenvalue weighted by molar-refractivity contribution is -0.143. The molecule has 1 aromatic rings. The summed E-state index contributed by atoms with van der Waals surface area (Å²) in [7, 11) is 0. The largest absolute Gasteiger partial charge is 0.354 e. The Kier molecular flexibility index (Phi) is 6.26. The fourth-order valence-electron chi connectivity index (χ4n) is 3.70. The summed E-state index contributed by atoms with van der Waals surface area (Å²) in [4.78, 5) is 40.1. The van der Waals surface area contributed by atoms with Crippen LogP contribution < -0.4 is 5.32 Å². The van der Waals surface area contributed by atoms with Crippen molar-refractivity contribution in [1.82, 2.24) is 15.1 Å². The van der Waals surface area contributed by atoms with Crippen LogP contribution in [0, 0.1) is 5.92 Å². The van der Waals surface area contributed by atoms with Crippen molar-refractivity contribution in [2.24, 2.45) is 5.92 Å². The highest BCUT2D eigenvalue weighted by molar-refractivity contribution is 5.85. The first-order valence-corrected chi connectivity index (χ1v) is 9.50. The van der Waals surface area contributed by atoms with Gasteiger partial charge in [-0.15, -0.1) is 0 Å². The molecule has 1 atom stereocenters. The summed E-state index contributed by atoms with van der Waals surface area (Å²) in [5.41, 5.74) is 1.27. The predicted octanol–water partition coefficient (Wildman–Crippen LogP) is 1.21. The normalized spacial score (nSPS) is 21.3. The second-order valence-electron chi connectivity index (χ2n) is 7.09. The second kappa shape index (κ2) is 8.83. The van der Waals surface area contributed by atoms with Crippen molar-refractivity contribution in [3.63, 3.8) is 0 Å². The van der Waals surface area contributed by atoms with E-state index < -0.39 is 0 Å². The molecule has 3 rings (SSSR count). The van der Waals surface area contributed by atoms with Crippen LogP contribution in [0.25, 0.3) is 0 Å². The molecule has 26 heavy (non-hydrogen) atoms. The van der Waals surface area contributed by atoms with Crippen LogP contribution in [-0.2, 0) is 20.8 Å². The Balaban J connectivity index is 1.51. The highest BCUT2D eigenvalue weighted by Gasteiger charge is 2.33. The monoisotopic (exact) mass is 357 g/mol. The number of piperidine rings is 1. The standard InChI is InChI=1S/C20H27N3O3/c24-18-10-13-22(14-11-21-18)20(26)17-8-9-19(25)23(15-17)12-4-7-16-5-2-1-3-6-16/h1-3,5-6,17H,4,7-15H2,(H,21,24). The van der Waals surface area contributed by atoms with Crippen LogP contribution in [0.5, 0.6) is 0 Å². The zero-order valence-corrected chi connectivity index (χ0v) is 15.2. The third kappa shape index (κ3) is 4.84. The van der Waals surface area contributed by atoms with Crippen molar-refractivity contribution in [2.45, 2.75) is 32.1 Å². The molecular formula is C20H27N3O3. The molecule has 1 unspecified atom stereocenters. The van der Waals surface area contributed by atoms with Gasteiger partial charge in [-0.05, 0) is 24.8 Å². The first-order valence-electron chi connectivity index (χ1n) is 9.50. The van der Waals surface area contributed by atoms with E-state index in [1.807, 2.05) is 23.1 Å². The van der Waals surface area contributed by atoms with Crippen LogP contribution in [0.1, 0.15) is 31.2 Å². The van der Waals surface area contributed by atoms with Crippen LogP contribution in [0.4, 0.5) is 0 Å². The van der Waals surface area contributed by atoms with E-state index in [1.54, 1.807) is 4.90 Å². The summed E-state index contributed by atoms with van der Waals surface area (Å²) in [6.45, 7) is 2.74. The molecule has 2 heterocycles. The van der Waals surface area contributed by atoms with Gasteiger partial charge < -0.3 is 15.1 Å². The maximum atomic E-state index is 12.8. The number of nitrogens with one attached hydrogen (secondary N) is 1. The number of nitrogens with zero attached hydrogens (tertiary/aromatic N) is 2. The van der Waals surface area contributed by atoms with E-state index in [1.165, 1.54) is 5.56 Å². The second-order valence-corrected chi connectivity index (χ2v) is 7.09. The summed E-state index contributed by atoms with van der Waals surface area (Å²) in [6.07, 6.45) is 3.25. The van der Waals surface area contributed by atoms with Crippen molar-refractivity contribution >= 4 is 17.7 Å². The molecule has 140 valence electrons. The number of amides is 3. The molecule has 6 nitrogen and oxygen atoms in total. The van der Waals surface area contributed by atoms with Crippen LogP contribution in [0.2, 0.25) is 0 Å². The Morgan fingerprint density at radius 2 is 1.92 bits per heavy atom. The lowest BCUT2D eigenvalue weighted by Gasteiger charge is -2.34. The van der Waals surface area contributed by atoms with E-state index in [0.717, 1.165) is 12.8 Å². The maximum absolute atomic E-state index is 12.8. The van der Waals surface area contributed by atoms with Crippen molar-refractivity contribution in [3.8, 4) is 0 Å². The molecule has 0 spiro atoms. The number of benzene rings is 1.